The van der Waals surface area contributed by atoms with Crippen LogP contribution >= 0.6 is 7.82 Å². The smallest absolute Gasteiger partial charge is 0.462 e. The van der Waals surface area contributed by atoms with Gasteiger partial charge in [-0.05, 0) is 25.7 Å². The van der Waals surface area contributed by atoms with E-state index in [1.807, 2.05) is 0 Å². The summed E-state index contributed by atoms with van der Waals surface area (Å²) in [5, 5.41) is 30.2. The Kier molecular flexibility index (Phi) is 28.6. The molecule has 0 aliphatic carbocycles. The summed E-state index contributed by atoms with van der Waals surface area (Å²) in [4.78, 5) is 42.5. The van der Waals surface area contributed by atoms with Crippen molar-refractivity contribution in [1.82, 2.24) is 0 Å². The molecule has 0 saturated heterocycles. The van der Waals surface area contributed by atoms with Crippen LogP contribution in [0, 0.1) is 0 Å². The number of aliphatic hydroxyl groups is 3. The maximum Gasteiger partial charge on any atom is 0.469 e. The Balaban J connectivity index is 4.39. The van der Waals surface area contributed by atoms with Gasteiger partial charge in [0.25, 0.3) is 0 Å². The van der Waals surface area contributed by atoms with Crippen molar-refractivity contribution in [2.45, 2.75) is 147 Å². The van der Waals surface area contributed by atoms with Gasteiger partial charge in [-0.25, -0.2) is 4.57 Å². The Morgan fingerprint density at radius 2 is 1.17 bits per heavy atom. The molecule has 0 heterocycles. The molecule has 4 atom stereocenters. The predicted octanol–water partition coefficient (Wildman–Crippen LogP) is 6.53. The van der Waals surface area contributed by atoms with Gasteiger partial charge in [-0.3, -0.25) is 14.1 Å². The molecule has 0 aromatic carbocycles. The maximum atomic E-state index is 12.3. The third kappa shape index (κ3) is 30.9. The standard InChI is InChI=1S/C35H61O11P/c1-3-5-7-8-9-10-11-16-20-26-35(40)46-31(29-45-47(41,42)43)28-44-34(39)27-21-25-33(38)32(37)24-19-15-13-12-14-18-23-30(36)22-17-6-4-2/h12-15,18-19,23-24,30-33,36-38H,3-11,16-17,20-22,25-29H2,1-2H3,(H2,41,42,43)/b14-12-,15-13+,23-18+,24-19+/t30-,31-,32-,33-/m1/s1. The zero-order chi connectivity index (χ0) is 35.2. The molecular weight excluding hydrogens is 627 g/mol. The molecule has 11 nitrogen and oxygen atoms in total. The number of phosphoric acid groups is 1. The first kappa shape index (κ1) is 44.9. The second kappa shape index (κ2) is 30.0. The number of carbonyl (C=O) groups is 2. The lowest BCUT2D eigenvalue weighted by Gasteiger charge is -2.18. The fourth-order valence-corrected chi connectivity index (χ4v) is 4.82. The zero-order valence-electron chi connectivity index (χ0n) is 28.5. The summed E-state index contributed by atoms with van der Waals surface area (Å²) < 4.78 is 26.0. The average Bonchev–Trinajstić information content (AvgIpc) is 3.02. The highest BCUT2D eigenvalue weighted by Crippen LogP contribution is 2.36. The van der Waals surface area contributed by atoms with E-state index in [0.29, 0.717) is 6.42 Å². The molecule has 272 valence electrons. The van der Waals surface area contributed by atoms with Crippen LogP contribution in [-0.4, -0.2) is 74.7 Å². The molecule has 0 fully saturated rings. The number of hydrogen-bond donors (Lipinski definition) is 5. The third-order valence-corrected chi connectivity index (χ3v) is 7.70. The topological polar surface area (TPSA) is 180 Å². The van der Waals surface area contributed by atoms with Crippen LogP contribution < -0.4 is 0 Å². The molecule has 0 bridgehead atoms. The van der Waals surface area contributed by atoms with Gasteiger partial charge in [0, 0.05) is 12.8 Å². The van der Waals surface area contributed by atoms with E-state index < -0.39 is 57.4 Å². The average molecular weight is 689 g/mol. The van der Waals surface area contributed by atoms with Crippen LogP contribution in [-0.2, 0) is 28.2 Å². The van der Waals surface area contributed by atoms with E-state index in [1.54, 1.807) is 42.5 Å². The maximum absolute atomic E-state index is 12.3. The van der Waals surface area contributed by atoms with Crippen molar-refractivity contribution in [2.75, 3.05) is 13.2 Å². The van der Waals surface area contributed by atoms with Gasteiger partial charge in [-0.1, -0.05) is 133 Å². The van der Waals surface area contributed by atoms with Gasteiger partial charge in [-0.2, -0.15) is 0 Å². The summed E-state index contributed by atoms with van der Waals surface area (Å²) >= 11 is 0. The second-order valence-corrected chi connectivity index (χ2v) is 13.0. The molecule has 0 rings (SSSR count). The fraction of sp³-hybridized carbons (Fsp3) is 0.714. The minimum absolute atomic E-state index is 0.0858. The van der Waals surface area contributed by atoms with Gasteiger partial charge in [0.1, 0.15) is 6.61 Å². The number of unbranched alkanes of at least 4 members (excludes halogenated alkanes) is 10. The lowest BCUT2D eigenvalue weighted by molar-refractivity contribution is -0.161. The third-order valence-electron chi connectivity index (χ3n) is 7.22. The number of phosphoric ester groups is 1. The molecule has 0 aromatic rings. The number of ether oxygens (including phenoxy) is 2. The van der Waals surface area contributed by atoms with Crippen LogP contribution in [0.5, 0.6) is 0 Å². The van der Waals surface area contributed by atoms with E-state index in [9.17, 15) is 29.5 Å². The van der Waals surface area contributed by atoms with Gasteiger partial charge in [0.15, 0.2) is 6.10 Å². The van der Waals surface area contributed by atoms with E-state index in [2.05, 4.69) is 18.4 Å². The summed E-state index contributed by atoms with van der Waals surface area (Å²) in [5.41, 5.74) is 0. The molecule has 5 N–H and O–H groups in total. The summed E-state index contributed by atoms with van der Waals surface area (Å²) in [6.45, 7) is 3.22. The Hall–Kier alpha value is -2.11. The molecule has 0 saturated carbocycles. The number of carbonyl (C=O) groups excluding carboxylic acids is 2. The second-order valence-electron chi connectivity index (χ2n) is 11.7. The minimum Gasteiger partial charge on any atom is -0.462 e. The SMILES string of the molecule is CCCCCCCCCCCC(=O)O[C@H](COC(=O)CCC[C@@H](O)[C@H](O)/C=C/C=C/C=C\C=C\[C@H](O)CCCCC)COP(=O)(O)O. The van der Waals surface area contributed by atoms with E-state index in [-0.39, 0.29) is 25.7 Å². The van der Waals surface area contributed by atoms with Crippen LogP contribution in [0.25, 0.3) is 0 Å². The van der Waals surface area contributed by atoms with Crippen LogP contribution in [0.1, 0.15) is 123 Å². The highest BCUT2D eigenvalue weighted by atomic mass is 31.2. The van der Waals surface area contributed by atoms with Crippen molar-refractivity contribution in [3.8, 4) is 0 Å². The summed E-state index contributed by atoms with van der Waals surface area (Å²) in [7, 11) is -4.83. The minimum atomic E-state index is -4.83. The Labute approximate surface area is 282 Å². The lowest BCUT2D eigenvalue weighted by atomic mass is 10.1. The van der Waals surface area contributed by atoms with Crippen molar-refractivity contribution >= 4 is 19.8 Å². The summed E-state index contributed by atoms with van der Waals surface area (Å²) in [6.07, 6.45) is 23.7. The lowest BCUT2D eigenvalue weighted by Crippen LogP contribution is -2.29. The van der Waals surface area contributed by atoms with Crippen molar-refractivity contribution in [3.05, 3.63) is 48.6 Å². The summed E-state index contributed by atoms with van der Waals surface area (Å²) in [6, 6.07) is 0. The Morgan fingerprint density at radius 3 is 1.79 bits per heavy atom. The van der Waals surface area contributed by atoms with E-state index in [4.69, 9.17) is 19.3 Å². The number of allylic oxidation sites excluding steroid dienone is 6. The molecule has 0 spiro atoms. The number of aliphatic hydroxyl groups excluding tert-OH is 3. The first-order valence-electron chi connectivity index (χ1n) is 17.3. The molecular formula is C35H61O11P. The molecule has 0 aromatic heterocycles. The fourth-order valence-electron chi connectivity index (χ4n) is 4.46. The van der Waals surface area contributed by atoms with Crippen LogP contribution in [0.4, 0.5) is 0 Å². The molecule has 0 aliphatic rings. The highest BCUT2D eigenvalue weighted by Gasteiger charge is 2.23. The highest BCUT2D eigenvalue weighted by molar-refractivity contribution is 7.46. The van der Waals surface area contributed by atoms with Gasteiger partial charge < -0.3 is 34.6 Å². The van der Waals surface area contributed by atoms with Crippen molar-refractivity contribution in [1.29, 1.82) is 0 Å². The molecule has 0 radical (unpaired) electrons. The molecule has 0 aliphatic heterocycles. The molecule has 12 heteroatoms. The molecule has 47 heavy (non-hydrogen) atoms. The number of esters is 2. The van der Waals surface area contributed by atoms with Crippen molar-refractivity contribution in [2.24, 2.45) is 0 Å². The monoisotopic (exact) mass is 688 g/mol. The van der Waals surface area contributed by atoms with Crippen molar-refractivity contribution < 1.29 is 53.3 Å². The zero-order valence-corrected chi connectivity index (χ0v) is 29.4. The van der Waals surface area contributed by atoms with Gasteiger partial charge in [0.05, 0.1) is 24.9 Å². The molecule has 0 unspecified atom stereocenters. The quantitative estimate of drug-likeness (QED) is 0.0240. The Morgan fingerprint density at radius 1 is 0.638 bits per heavy atom. The van der Waals surface area contributed by atoms with Gasteiger partial charge >= 0.3 is 19.8 Å². The predicted molar refractivity (Wildman–Crippen MR) is 183 cm³/mol. The normalized spacial score (nSPS) is 15.1. The van der Waals surface area contributed by atoms with E-state index in [1.165, 1.54) is 38.2 Å². The van der Waals surface area contributed by atoms with Gasteiger partial charge in [-0.15, -0.1) is 0 Å². The van der Waals surface area contributed by atoms with Crippen LogP contribution in [0.2, 0.25) is 0 Å². The first-order chi connectivity index (χ1) is 22.5. The van der Waals surface area contributed by atoms with Crippen molar-refractivity contribution in [3.63, 3.8) is 0 Å². The first-order valence-corrected chi connectivity index (χ1v) is 18.8. The largest absolute Gasteiger partial charge is 0.469 e. The van der Waals surface area contributed by atoms with Crippen LogP contribution in [0.15, 0.2) is 48.6 Å². The number of rotatable bonds is 30. The van der Waals surface area contributed by atoms with E-state index >= 15 is 0 Å². The van der Waals surface area contributed by atoms with Gasteiger partial charge in [0.2, 0.25) is 0 Å². The molecule has 0 amide bonds. The van der Waals surface area contributed by atoms with E-state index in [0.717, 1.165) is 44.9 Å². The summed E-state index contributed by atoms with van der Waals surface area (Å²) in [5.74, 6) is -1.22. The number of hydrogen-bond acceptors (Lipinski definition) is 9. The van der Waals surface area contributed by atoms with Crippen LogP contribution in [0.3, 0.4) is 0 Å². The Bertz CT molecular complexity index is 957.